The smallest absolute Gasteiger partial charge is 0.292 e. The summed E-state index contributed by atoms with van der Waals surface area (Å²) in [5.74, 6) is 0. The number of hydrogen-bond donors (Lipinski definition) is 1. The molecule has 0 spiro atoms. The summed E-state index contributed by atoms with van der Waals surface area (Å²) in [7, 11) is 1.12. The quantitative estimate of drug-likeness (QED) is 0.384. The maximum Gasteiger partial charge on any atom is 0.369 e. The van der Waals surface area contributed by atoms with Crippen molar-refractivity contribution in [3.63, 3.8) is 0 Å². The van der Waals surface area contributed by atoms with E-state index >= 15 is 0 Å². The topological polar surface area (TPSA) is 98.0 Å². The van der Waals surface area contributed by atoms with E-state index in [2.05, 4.69) is 0 Å². The summed E-state index contributed by atoms with van der Waals surface area (Å²) >= 11 is 5.29. The van der Waals surface area contributed by atoms with Gasteiger partial charge in [-0.1, -0.05) is 11.6 Å². The number of nitrogens with one attached hydrogen (secondary N) is 1. The van der Waals surface area contributed by atoms with Gasteiger partial charge in [0.15, 0.2) is 5.15 Å². The monoisotopic (exact) mass is 205 g/mol. The normalized spacial score (nSPS) is 10.0. The van der Waals surface area contributed by atoms with Crippen molar-refractivity contribution in [3.8, 4) is 0 Å². The fraction of sp³-hybridized carbons (Fsp3) is 0.200. The van der Waals surface area contributed by atoms with E-state index < -0.39 is 27.0 Å². The van der Waals surface area contributed by atoms with E-state index in [-0.39, 0.29) is 0 Å². The Bertz CT molecular complexity index is 474. The summed E-state index contributed by atoms with van der Waals surface area (Å²) in [6, 6.07) is 0. The highest BCUT2D eigenvalue weighted by molar-refractivity contribution is 6.31. The minimum Gasteiger partial charge on any atom is -0.292 e. The standard InChI is InChI=1S/C5H4ClN3O4/c1-8-4(10)2(9(12)13)3(6)7-5(8)11/h1H3,(H,7,11). The van der Waals surface area contributed by atoms with Gasteiger partial charge in [-0.15, -0.1) is 0 Å². The van der Waals surface area contributed by atoms with Crippen molar-refractivity contribution >= 4 is 17.3 Å². The zero-order chi connectivity index (χ0) is 10.2. The zero-order valence-electron chi connectivity index (χ0n) is 6.41. The van der Waals surface area contributed by atoms with E-state index in [1.54, 1.807) is 0 Å². The molecule has 0 saturated carbocycles. The highest BCUT2D eigenvalue weighted by Crippen LogP contribution is 2.13. The van der Waals surface area contributed by atoms with Crippen LogP contribution in [0.1, 0.15) is 0 Å². The van der Waals surface area contributed by atoms with E-state index in [0.717, 1.165) is 7.05 Å². The van der Waals surface area contributed by atoms with E-state index in [0.29, 0.717) is 4.57 Å². The molecule has 1 N–H and O–H groups in total. The molecule has 0 radical (unpaired) electrons. The fourth-order valence-electron chi connectivity index (χ4n) is 0.740. The van der Waals surface area contributed by atoms with Crippen LogP contribution in [-0.4, -0.2) is 14.5 Å². The van der Waals surface area contributed by atoms with Gasteiger partial charge in [-0.25, -0.2) is 4.79 Å². The summed E-state index contributed by atoms with van der Waals surface area (Å²) in [5.41, 5.74) is -2.65. The largest absolute Gasteiger partial charge is 0.369 e. The number of aromatic amines is 1. The molecule has 0 aliphatic rings. The highest BCUT2D eigenvalue weighted by Gasteiger charge is 2.20. The molecule has 7 nitrogen and oxygen atoms in total. The molecule has 1 heterocycles. The SMILES string of the molecule is Cn1c(=O)[nH]c(Cl)c([N+](=O)[O-])c1=O. The van der Waals surface area contributed by atoms with Crippen molar-refractivity contribution in [1.82, 2.24) is 9.55 Å². The minimum absolute atomic E-state index is 0.557. The van der Waals surface area contributed by atoms with Crippen molar-refractivity contribution in [2.75, 3.05) is 0 Å². The number of nitrogens with zero attached hydrogens (tertiary/aromatic N) is 2. The van der Waals surface area contributed by atoms with Gasteiger partial charge in [0.05, 0.1) is 4.92 Å². The number of halogens is 1. The Kier molecular flexibility index (Phi) is 2.20. The number of aromatic nitrogens is 2. The summed E-state index contributed by atoms with van der Waals surface area (Å²) in [6.07, 6.45) is 0. The van der Waals surface area contributed by atoms with E-state index in [1.165, 1.54) is 0 Å². The number of nitro groups is 1. The molecular formula is C5H4ClN3O4. The lowest BCUT2D eigenvalue weighted by Crippen LogP contribution is -2.33. The molecule has 0 amide bonds. The van der Waals surface area contributed by atoms with Crippen LogP contribution in [0.2, 0.25) is 5.15 Å². The van der Waals surface area contributed by atoms with Crippen molar-refractivity contribution in [2.45, 2.75) is 0 Å². The predicted octanol–water partition coefficient (Wildman–Crippen LogP) is -0.365. The van der Waals surface area contributed by atoms with Gasteiger partial charge in [-0.2, -0.15) is 0 Å². The van der Waals surface area contributed by atoms with Crippen LogP contribution in [0, 0.1) is 10.1 Å². The Balaban J connectivity index is 3.74. The molecule has 70 valence electrons. The molecule has 0 unspecified atom stereocenters. The molecule has 1 rings (SSSR count). The second-order valence-electron chi connectivity index (χ2n) is 2.21. The van der Waals surface area contributed by atoms with Crippen LogP contribution in [-0.2, 0) is 7.05 Å². The molecule has 0 bridgehead atoms. The van der Waals surface area contributed by atoms with Crippen molar-refractivity contribution in [3.05, 3.63) is 36.1 Å². The maximum atomic E-state index is 11.1. The summed E-state index contributed by atoms with van der Waals surface area (Å²) in [5, 5.41) is 9.73. The van der Waals surface area contributed by atoms with Gasteiger partial charge < -0.3 is 0 Å². The lowest BCUT2D eigenvalue weighted by atomic mass is 10.5. The lowest BCUT2D eigenvalue weighted by molar-refractivity contribution is -0.386. The van der Waals surface area contributed by atoms with Gasteiger partial charge >= 0.3 is 16.9 Å². The number of H-pyrrole nitrogens is 1. The summed E-state index contributed by atoms with van der Waals surface area (Å²) in [4.78, 5) is 33.2. The third kappa shape index (κ3) is 1.45. The molecule has 1 aromatic heterocycles. The Hall–Kier alpha value is -1.63. The molecule has 1 aromatic rings. The molecule has 8 heteroatoms. The van der Waals surface area contributed by atoms with Crippen LogP contribution in [0.4, 0.5) is 5.69 Å². The molecule has 0 fully saturated rings. The Morgan fingerprint density at radius 1 is 1.54 bits per heavy atom. The second kappa shape index (κ2) is 3.02. The van der Waals surface area contributed by atoms with Crippen molar-refractivity contribution in [1.29, 1.82) is 0 Å². The molecule has 0 aliphatic carbocycles. The summed E-state index contributed by atoms with van der Waals surface area (Å²) in [6.45, 7) is 0. The first kappa shape index (κ1) is 9.46. The van der Waals surface area contributed by atoms with Gasteiger partial charge in [0, 0.05) is 7.05 Å². The molecule has 13 heavy (non-hydrogen) atoms. The predicted molar refractivity (Wildman–Crippen MR) is 44.0 cm³/mol. The molecule has 0 aliphatic heterocycles. The molecule has 0 aromatic carbocycles. The van der Waals surface area contributed by atoms with Crippen LogP contribution in [0.25, 0.3) is 0 Å². The van der Waals surface area contributed by atoms with Gasteiger partial charge in [-0.05, 0) is 0 Å². The van der Waals surface area contributed by atoms with E-state index in [1.807, 2.05) is 4.98 Å². The first-order valence-electron chi connectivity index (χ1n) is 3.08. The fourth-order valence-corrected chi connectivity index (χ4v) is 0.971. The third-order valence-corrected chi connectivity index (χ3v) is 1.69. The van der Waals surface area contributed by atoms with Gasteiger partial charge in [-0.3, -0.25) is 24.5 Å². The first-order chi connectivity index (χ1) is 5.95. The zero-order valence-corrected chi connectivity index (χ0v) is 7.16. The van der Waals surface area contributed by atoms with Gasteiger partial charge in [0.1, 0.15) is 0 Å². The Morgan fingerprint density at radius 2 is 2.08 bits per heavy atom. The van der Waals surface area contributed by atoms with Crippen LogP contribution in [0.15, 0.2) is 9.59 Å². The van der Waals surface area contributed by atoms with Crippen molar-refractivity contribution in [2.24, 2.45) is 7.05 Å². The molecular weight excluding hydrogens is 202 g/mol. The average Bonchev–Trinajstić information content (AvgIpc) is 1.99. The second-order valence-corrected chi connectivity index (χ2v) is 2.59. The van der Waals surface area contributed by atoms with Gasteiger partial charge in [0.2, 0.25) is 0 Å². The Morgan fingerprint density at radius 3 is 2.54 bits per heavy atom. The van der Waals surface area contributed by atoms with E-state index in [4.69, 9.17) is 11.6 Å². The number of hydrogen-bond acceptors (Lipinski definition) is 4. The maximum absolute atomic E-state index is 11.1. The van der Waals surface area contributed by atoms with Crippen LogP contribution in [0.5, 0.6) is 0 Å². The number of rotatable bonds is 1. The van der Waals surface area contributed by atoms with Crippen LogP contribution in [0.3, 0.4) is 0 Å². The average molecular weight is 206 g/mol. The Labute approximate surface area is 75.7 Å². The van der Waals surface area contributed by atoms with E-state index in [9.17, 15) is 19.7 Å². The van der Waals surface area contributed by atoms with Crippen LogP contribution >= 0.6 is 11.6 Å². The van der Waals surface area contributed by atoms with Crippen molar-refractivity contribution < 1.29 is 4.92 Å². The first-order valence-corrected chi connectivity index (χ1v) is 3.46. The minimum atomic E-state index is -1.03. The summed E-state index contributed by atoms with van der Waals surface area (Å²) < 4.78 is 0.573. The lowest BCUT2D eigenvalue weighted by Gasteiger charge is -1.96. The molecule has 0 saturated heterocycles. The third-order valence-electron chi connectivity index (χ3n) is 1.42. The molecule has 0 atom stereocenters. The highest BCUT2D eigenvalue weighted by atomic mass is 35.5. The van der Waals surface area contributed by atoms with Crippen LogP contribution < -0.4 is 11.2 Å². The van der Waals surface area contributed by atoms with Gasteiger partial charge in [0.25, 0.3) is 0 Å².